The van der Waals surface area contributed by atoms with Crippen molar-refractivity contribution in [3.63, 3.8) is 0 Å². The van der Waals surface area contributed by atoms with E-state index in [9.17, 15) is 19.5 Å². The molecule has 41 heavy (non-hydrogen) atoms. The molecule has 9 nitrogen and oxygen atoms in total. The van der Waals surface area contributed by atoms with Crippen LogP contribution in [0.15, 0.2) is 77.7 Å². The van der Waals surface area contributed by atoms with Crippen LogP contribution in [0.4, 0.5) is 11.4 Å². The Balaban J connectivity index is 1.53. The van der Waals surface area contributed by atoms with E-state index in [2.05, 4.69) is 17.6 Å². The van der Waals surface area contributed by atoms with Crippen LogP contribution in [0, 0.1) is 5.92 Å². The van der Waals surface area contributed by atoms with Gasteiger partial charge in [0, 0.05) is 46.8 Å². The third-order valence-corrected chi connectivity index (χ3v) is 7.82. The number of aliphatic carboxylic acids is 1. The summed E-state index contributed by atoms with van der Waals surface area (Å²) in [4.78, 5) is 35.4. The van der Waals surface area contributed by atoms with E-state index in [0.717, 1.165) is 27.3 Å². The van der Waals surface area contributed by atoms with Gasteiger partial charge in [0.1, 0.15) is 0 Å². The van der Waals surface area contributed by atoms with Gasteiger partial charge in [0.15, 0.2) is 6.29 Å². The summed E-state index contributed by atoms with van der Waals surface area (Å²) in [6.07, 6.45) is -1.56. The Morgan fingerprint density at radius 2 is 1.61 bits per heavy atom. The molecule has 4 unspecified atom stereocenters. The van der Waals surface area contributed by atoms with Crippen molar-refractivity contribution in [2.24, 2.45) is 5.92 Å². The van der Waals surface area contributed by atoms with Crippen LogP contribution in [0.1, 0.15) is 55.8 Å². The number of thioether (sulfide) groups is 1. The summed E-state index contributed by atoms with van der Waals surface area (Å²) < 4.78 is 13.0. The van der Waals surface area contributed by atoms with Crippen molar-refractivity contribution in [3.8, 4) is 0 Å². The van der Waals surface area contributed by atoms with Crippen LogP contribution in [0.3, 0.4) is 0 Å². The highest BCUT2D eigenvalue weighted by Gasteiger charge is 2.38. The number of carbonyl (C=O) groups is 3. The Kier molecular flexibility index (Phi) is 10.5. The fourth-order valence-corrected chi connectivity index (χ4v) is 5.60. The molecule has 4 rings (SSSR count). The molecule has 3 aromatic rings. The number of anilines is 2. The average Bonchev–Trinajstić information content (AvgIpc) is 2.96. The highest BCUT2D eigenvalue weighted by atomic mass is 32.2. The van der Waals surface area contributed by atoms with Gasteiger partial charge < -0.3 is 30.3 Å². The number of nitrogens with one attached hydrogen (secondary N) is 2. The van der Waals surface area contributed by atoms with E-state index in [-0.39, 0.29) is 49.4 Å². The van der Waals surface area contributed by atoms with Crippen molar-refractivity contribution in [3.05, 3.63) is 89.5 Å². The molecule has 0 radical (unpaired) electrons. The number of ether oxygens (including phenoxy) is 2. The van der Waals surface area contributed by atoms with Crippen LogP contribution in [0.5, 0.6) is 0 Å². The average molecular weight is 579 g/mol. The molecule has 1 saturated heterocycles. The van der Waals surface area contributed by atoms with E-state index in [1.54, 1.807) is 30.0 Å². The Hall–Kier alpha value is -3.70. The molecule has 1 fully saturated rings. The first-order valence-corrected chi connectivity index (χ1v) is 14.3. The van der Waals surface area contributed by atoms with Crippen LogP contribution in [-0.2, 0) is 30.5 Å². The summed E-state index contributed by atoms with van der Waals surface area (Å²) in [7, 11) is 0. The van der Waals surface area contributed by atoms with E-state index in [4.69, 9.17) is 14.6 Å². The molecule has 10 heteroatoms. The number of aliphatic hydroxyl groups excluding tert-OH is 1. The van der Waals surface area contributed by atoms with Gasteiger partial charge in [0.05, 0.1) is 25.2 Å². The molecule has 4 atom stereocenters. The first kappa shape index (κ1) is 30.3. The van der Waals surface area contributed by atoms with E-state index in [1.165, 1.54) is 6.92 Å². The Labute approximate surface area is 243 Å². The number of hydrogen-bond donors (Lipinski definition) is 4. The molecule has 4 N–H and O–H groups in total. The number of hydrogen-bond acceptors (Lipinski definition) is 7. The number of rotatable bonds is 11. The van der Waals surface area contributed by atoms with Crippen molar-refractivity contribution in [2.45, 2.75) is 56.7 Å². The van der Waals surface area contributed by atoms with Gasteiger partial charge in [-0.15, -0.1) is 11.8 Å². The fraction of sp³-hybridized carbons (Fsp3) is 0.323. The Morgan fingerprint density at radius 3 is 2.27 bits per heavy atom. The summed E-state index contributed by atoms with van der Waals surface area (Å²) in [6.45, 7) is 3.52. The van der Waals surface area contributed by atoms with E-state index in [1.807, 2.05) is 54.6 Å². The van der Waals surface area contributed by atoms with Crippen molar-refractivity contribution >= 4 is 40.9 Å². The molecule has 0 aliphatic carbocycles. The normalized spacial score (nSPS) is 20.3. The summed E-state index contributed by atoms with van der Waals surface area (Å²) in [5.41, 5.74) is 3.76. The number of aliphatic hydroxyl groups is 1. The SMILES string of the molecule is CC(=O)Nc1ccc(SCC2OC(c3cccc(NC(=O)CCC(=O)O)c3)OC(c3ccc(CO)cc3)C2C)cc1. The van der Waals surface area contributed by atoms with Gasteiger partial charge in [0.2, 0.25) is 11.8 Å². The molecule has 0 aromatic heterocycles. The first-order chi connectivity index (χ1) is 19.7. The van der Waals surface area contributed by atoms with Gasteiger partial charge >= 0.3 is 5.97 Å². The number of carboxylic acids is 1. The van der Waals surface area contributed by atoms with Gasteiger partial charge in [-0.2, -0.15) is 0 Å². The molecule has 1 aliphatic rings. The van der Waals surface area contributed by atoms with Crippen molar-refractivity contribution in [1.29, 1.82) is 0 Å². The zero-order valence-corrected chi connectivity index (χ0v) is 23.7. The predicted octanol–water partition coefficient (Wildman–Crippen LogP) is 5.52. The summed E-state index contributed by atoms with van der Waals surface area (Å²) >= 11 is 1.65. The van der Waals surface area contributed by atoms with Crippen LogP contribution in [-0.4, -0.2) is 39.9 Å². The largest absolute Gasteiger partial charge is 0.481 e. The van der Waals surface area contributed by atoms with E-state index < -0.39 is 12.3 Å². The lowest BCUT2D eigenvalue weighted by molar-refractivity contribution is -0.268. The minimum atomic E-state index is -1.03. The molecule has 1 aliphatic heterocycles. The van der Waals surface area contributed by atoms with Gasteiger partial charge in [-0.3, -0.25) is 14.4 Å². The number of benzene rings is 3. The van der Waals surface area contributed by atoms with Crippen molar-refractivity contribution < 1.29 is 34.1 Å². The topological polar surface area (TPSA) is 134 Å². The molecule has 1 heterocycles. The van der Waals surface area contributed by atoms with Gasteiger partial charge in [-0.25, -0.2) is 0 Å². The standard InChI is InChI=1S/C31H34N2O7S/c1-19-27(18-41-26-12-10-24(11-13-26)32-20(2)35)39-31(40-30(19)22-8-6-21(17-34)7-9-22)23-4-3-5-25(16-23)33-28(36)14-15-29(37)38/h3-13,16,19,27,30-31,34H,14-15,17-18H2,1-2H3,(H,32,35)(H,33,36)(H,37,38). The minimum absolute atomic E-state index is 0.00344. The molecular formula is C31H34N2O7S. The van der Waals surface area contributed by atoms with Gasteiger partial charge in [-0.05, 0) is 47.5 Å². The monoisotopic (exact) mass is 578 g/mol. The maximum atomic E-state index is 12.2. The zero-order chi connectivity index (χ0) is 29.4. The minimum Gasteiger partial charge on any atom is -0.481 e. The quantitative estimate of drug-likeness (QED) is 0.219. The predicted molar refractivity (Wildman–Crippen MR) is 156 cm³/mol. The van der Waals surface area contributed by atoms with Crippen molar-refractivity contribution in [2.75, 3.05) is 16.4 Å². The Bertz CT molecular complexity index is 1350. The lowest BCUT2D eigenvalue weighted by Crippen LogP contribution is -2.38. The molecule has 216 valence electrons. The van der Waals surface area contributed by atoms with Crippen LogP contribution in [0.25, 0.3) is 0 Å². The lowest BCUT2D eigenvalue weighted by atomic mass is 9.91. The van der Waals surface area contributed by atoms with Crippen LogP contribution in [0.2, 0.25) is 0 Å². The van der Waals surface area contributed by atoms with Crippen LogP contribution >= 0.6 is 11.8 Å². The molecule has 0 spiro atoms. The highest BCUT2D eigenvalue weighted by Crippen LogP contribution is 2.43. The molecule has 0 bridgehead atoms. The van der Waals surface area contributed by atoms with Gasteiger partial charge in [-0.1, -0.05) is 43.3 Å². The number of amides is 2. The van der Waals surface area contributed by atoms with E-state index in [0.29, 0.717) is 11.4 Å². The highest BCUT2D eigenvalue weighted by molar-refractivity contribution is 7.99. The summed E-state index contributed by atoms with van der Waals surface area (Å²) in [5, 5.41) is 23.9. The summed E-state index contributed by atoms with van der Waals surface area (Å²) in [6, 6.07) is 22.5. The molecule has 2 amide bonds. The lowest BCUT2D eigenvalue weighted by Gasteiger charge is -2.41. The van der Waals surface area contributed by atoms with E-state index >= 15 is 0 Å². The zero-order valence-electron chi connectivity index (χ0n) is 22.9. The second kappa shape index (κ2) is 14.3. The number of carbonyl (C=O) groups excluding carboxylic acids is 2. The Morgan fingerprint density at radius 1 is 0.878 bits per heavy atom. The third kappa shape index (κ3) is 8.64. The molecule has 0 saturated carbocycles. The second-order valence-electron chi connectivity index (χ2n) is 9.91. The van der Waals surface area contributed by atoms with Crippen molar-refractivity contribution in [1.82, 2.24) is 0 Å². The smallest absolute Gasteiger partial charge is 0.303 e. The summed E-state index contributed by atoms with van der Waals surface area (Å²) in [5.74, 6) is -0.891. The number of carboxylic acid groups (broad SMARTS) is 1. The second-order valence-corrected chi connectivity index (χ2v) is 11.0. The molecule has 3 aromatic carbocycles. The maximum Gasteiger partial charge on any atom is 0.303 e. The van der Waals surface area contributed by atoms with Gasteiger partial charge in [0.25, 0.3) is 0 Å². The fourth-order valence-electron chi connectivity index (χ4n) is 4.53. The first-order valence-electron chi connectivity index (χ1n) is 13.3. The molecular weight excluding hydrogens is 544 g/mol. The maximum absolute atomic E-state index is 12.2. The van der Waals surface area contributed by atoms with Crippen LogP contribution < -0.4 is 10.6 Å². The third-order valence-electron chi connectivity index (χ3n) is 6.72.